The van der Waals surface area contributed by atoms with Crippen LogP contribution in [-0.2, 0) is 4.79 Å². The van der Waals surface area contributed by atoms with Gasteiger partial charge in [-0.1, -0.05) is 13.3 Å². The summed E-state index contributed by atoms with van der Waals surface area (Å²) in [5, 5.41) is 6.39. The molecule has 94 valence electrons. The van der Waals surface area contributed by atoms with Gasteiger partial charge in [0.15, 0.2) is 0 Å². The van der Waals surface area contributed by atoms with Gasteiger partial charge in [0.2, 0.25) is 5.91 Å². The first kappa shape index (κ1) is 13.8. The summed E-state index contributed by atoms with van der Waals surface area (Å²) in [5.41, 5.74) is 0.463. The highest BCUT2D eigenvalue weighted by Crippen LogP contribution is 2.47. The van der Waals surface area contributed by atoms with Crippen LogP contribution in [0.1, 0.15) is 45.4 Å². The lowest BCUT2D eigenvalue weighted by Gasteiger charge is -2.23. The monoisotopic (exact) mass is 246 g/mol. The van der Waals surface area contributed by atoms with Crippen LogP contribution in [0, 0.1) is 5.41 Å². The molecular formula is C12H23ClN2O. The van der Waals surface area contributed by atoms with E-state index in [2.05, 4.69) is 17.6 Å². The number of amides is 1. The Morgan fingerprint density at radius 1 is 1.44 bits per heavy atom. The van der Waals surface area contributed by atoms with Crippen LogP contribution in [0.5, 0.6) is 0 Å². The second-order valence-corrected chi connectivity index (χ2v) is 5.07. The van der Waals surface area contributed by atoms with Crippen molar-refractivity contribution in [1.29, 1.82) is 0 Å². The van der Waals surface area contributed by atoms with Crippen LogP contribution in [0.25, 0.3) is 0 Å². The molecule has 1 unspecified atom stereocenters. The Bertz CT molecular complexity index is 235. The summed E-state index contributed by atoms with van der Waals surface area (Å²) < 4.78 is 0. The fourth-order valence-electron chi connectivity index (χ4n) is 2.31. The molecule has 0 bridgehead atoms. The van der Waals surface area contributed by atoms with Crippen LogP contribution in [0.2, 0.25) is 0 Å². The first-order valence-corrected chi connectivity index (χ1v) is 6.27. The van der Waals surface area contributed by atoms with Gasteiger partial charge in [-0.3, -0.25) is 4.79 Å². The van der Waals surface area contributed by atoms with Gasteiger partial charge in [0.05, 0.1) is 6.04 Å². The molecule has 0 aromatic heterocycles. The molecule has 1 saturated carbocycles. The Balaban J connectivity index is 0.00000128. The largest absolute Gasteiger partial charge is 0.354 e. The Morgan fingerprint density at radius 3 is 2.69 bits per heavy atom. The van der Waals surface area contributed by atoms with Crippen LogP contribution in [0.4, 0.5) is 0 Å². The second-order valence-electron chi connectivity index (χ2n) is 5.07. The predicted octanol–water partition coefficient (Wildman–Crippen LogP) is 1.86. The molecule has 1 aliphatic carbocycles. The summed E-state index contributed by atoms with van der Waals surface area (Å²) in [4.78, 5) is 11.8. The minimum atomic E-state index is 0. The van der Waals surface area contributed by atoms with Crippen molar-refractivity contribution in [1.82, 2.24) is 10.6 Å². The second kappa shape index (κ2) is 5.87. The molecule has 2 aliphatic rings. The number of hydrogen-bond donors (Lipinski definition) is 2. The van der Waals surface area contributed by atoms with Gasteiger partial charge >= 0.3 is 0 Å². The molecule has 1 amide bonds. The minimum absolute atomic E-state index is 0. The molecule has 1 saturated heterocycles. The quantitative estimate of drug-likeness (QED) is 0.795. The summed E-state index contributed by atoms with van der Waals surface area (Å²) in [5.74, 6) is 0.217. The maximum Gasteiger partial charge on any atom is 0.237 e. The number of carbonyl (C=O) groups excluding carboxylic acids is 1. The molecule has 2 rings (SSSR count). The van der Waals surface area contributed by atoms with Gasteiger partial charge < -0.3 is 10.6 Å². The first-order chi connectivity index (χ1) is 7.26. The number of rotatable bonds is 4. The van der Waals surface area contributed by atoms with E-state index in [1.54, 1.807) is 0 Å². The summed E-state index contributed by atoms with van der Waals surface area (Å²) in [6.45, 7) is 4.11. The fraction of sp³-hybridized carbons (Fsp3) is 0.917. The lowest BCUT2D eigenvalue weighted by Crippen LogP contribution is -2.47. The number of piperidine rings is 1. The zero-order valence-corrected chi connectivity index (χ0v) is 10.9. The smallest absolute Gasteiger partial charge is 0.237 e. The van der Waals surface area contributed by atoms with Gasteiger partial charge in [0.1, 0.15) is 0 Å². The predicted molar refractivity (Wildman–Crippen MR) is 67.9 cm³/mol. The Morgan fingerprint density at radius 2 is 2.19 bits per heavy atom. The molecule has 0 radical (unpaired) electrons. The zero-order chi connectivity index (χ0) is 10.7. The summed E-state index contributed by atoms with van der Waals surface area (Å²) in [7, 11) is 0. The number of hydrogen-bond acceptors (Lipinski definition) is 2. The van der Waals surface area contributed by atoms with Gasteiger partial charge in [-0.05, 0) is 44.1 Å². The van der Waals surface area contributed by atoms with Gasteiger partial charge in [-0.2, -0.15) is 0 Å². The van der Waals surface area contributed by atoms with Crippen LogP contribution in [-0.4, -0.2) is 25.0 Å². The fourth-order valence-corrected chi connectivity index (χ4v) is 2.31. The van der Waals surface area contributed by atoms with Crippen molar-refractivity contribution in [3.63, 3.8) is 0 Å². The number of halogens is 1. The highest BCUT2D eigenvalue weighted by atomic mass is 35.5. The van der Waals surface area contributed by atoms with Gasteiger partial charge in [-0.15, -0.1) is 12.4 Å². The van der Waals surface area contributed by atoms with Crippen LogP contribution >= 0.6 is 12.4 Å². The van der Waals surface area contributed by atoms with E-state index in [-0.39, 0.29) is 24.4 Å². The third-order valence-corrected chi connectivity index (χ3v) is 3.97. The normalized spacial score (nSPS) is 26.7. The van der Waals surface area contributed by atoms with E-state index in [0.29, 0.717) is 5.41 Å². The SMILES string of the molecule is CCC1(CNC(=O)C2CCCCN2)CC1.Cl. The number of nitrogens with one attached hydrogen (secondary N) is 2. The topological polar surface area (TPSA) is 41.1 Å². The molecule has 0 aromatic rings. The van der Waals surface area contributed by atoms with Crippen LogP contribution in [0.15, 0.2) is 0 Å². The van der Waals surface area contributed by atoms with Crippen LogP contribution < -0.4 is 10.6 Å². The van der Waals surface area contributed by atoms with Crippen molar-refractivity contribution < 1.29 is 4.79 Å². The number of carbonyl (C=O) groups is 1. The van der Waals surface area contributed by atoms with Gasteiger partial charge in [0, 0.05) is 6.54 Å². The van der Waals surface area contributed by atoms with Crippen molar-refractivity contribution in [2.24, 2.45) is 5.41 Å². The summed E-state index contributed by atoms with van der Waals surface area (Å²) in [6, 6.07) is 0.0754. The van der Waals surface area contributed by atoms with E-state index in [9.17, 15) is 4.79 Å². The van der Waals surface area contributed by atoms with Crippen molar-refractivity contribution >= 4 is 18.3 Å². The lowest BCUT2D eigenvalue weighted by atomic mass is 10.0. The molecule has 16 heavy (non-hydrogen) atoms. The molecule has 4 heteroatoms. The Labute approximate surface area is 104 Å². The molecule has 1 heterocycles. The van der Waals surface area contributed by atoms with Crippen molar-refractivity contribution in [2.75, 3.05) is 13.1 Å². The highest BCUT2D eigenvalue weighted by Gasteiger charge is 2.40. The van der Waals surface area contributed by atoms with Crippen molar-refractivity contribution in [2.45, 2.75) is 51.5 Å². The van der Waals surface area contributed by atoms with E-state index < -0.39 is 0 Å². The maximum atomic E-state index is 11.8. The molecule has 2 N–H and O–H groups in total. The van der Waals surface area contributed by atoms with E-state index in [1.807, 2.05) is 0 Å². The standard InChI is InChI=1S/C12H22N2O.ClH/c1-2-12(6-7-12)9-14-11(15)10-5-3-4-8-13-10;/h10,13H,2-9H2,1H3,(H,14,15);1H. The molecular weight excluding hydrogens is 224 g/mol. The van der Waals surface area contributed by atoms with Gasteiger partial charge in [-0.25, -0.2) is 0 Å². The summed E-state index contributed by atoms with van der Waals surface area (Å²) in [6.07, 6.45) is 7.19. The molecule has 1 aliphatic heterocycles. The lowest BCUT2D eigenvalue weighted by molar-refractivity contribution is -0.123. The third-order valence-electron chi connectivity index (χ3n) is 3.97. The molecule has 3 nitrogen and oxygen atoms in total. The van der Waals surface area contributed by atoms with E-state index in [1.165, 1.54) is 32.1 Å². The van der Waals surface area contributed by atoms with E-state index in [4.69, 9.17) is 0 Å². The zero-order valence-electron chi connectivity index (χ0n) is 10.1. The average Bonchev–Trinajstić information content (AvgIpc) is 3.08. The molecule has 0 spiro atoms. The first-order valence-electron chi connectivity index (χ1n) is 6.27. The van der Waals surface area contributed by atoms with Crippen molar-refractivity contribution in [3.05, 3.63) is 0 Å². The Kier molecular flexibility index (Phi) is 5.06. The van der Waals surface area contributed by atoms with Gasteiger partial charge in [0.25, 0.3) is 0 Å². The molecule has 0 aromatic carbocycles. The molecule has 2 fully saturated rings. The maximum absolute atomic E-state index is 11.8. The molecule has 1 atom stereocenters. The van der Waals surface area contributed by atoms with Crippen LogP contribution in [0.3, 0.4) is 0 Å². The average molecular weight is 247 g/mol. The van der Waals surface area contributed by atoms with Crippen molar-refractivity contribution in [3.8, 4) is 0 Å². The third kappa shape index (κ3) is 3.36. The summed E-state index contributed by atoms with van der Waals surface area (Å²) >= 11 is 0. The minimum Gasteiger partial charge on any atom is -0.354 e. The van der Waals surface area contributed by atoms with E-state index >= 15 is 0 Å². The van der Waals surface area contributed by atoms with E-state index in [0.717, 1.165) is 19.5 Å². The Hall–Kier alpha value is -0.280. The highest BCUT2D eigenvalue weighted by molar-refractivity contribution is 5.85.